The Hall–Kier alpha value is -2.41. The van der Waals surface area contributed by atoms with E-state index in [1.165, 1.54) is 0 Å². The van der Waals surface area contributed by atoms with Crippen molar-refractivity contribution in [1.82, 2.24) is 20.1 Å². The summed E-state index contributed by atoms with van der Waals surface area (Å²) in [6, 6.07) is 5.81. The number of ether oxygens (including phenoxy) is 1. The average Bonchev–Trinajstić information content (AvgIpc) is 3.00. The van der Waals surface area contributed by atoms with Crippen molar-refractivity contribution >= 4 is 5.96 Å². The van der Waals surface area contributed by atoms with Gasteiger partial charge in [-0.1, -0.05) is 0 Å². The van der Waals surface area contributed by atoms with E-state index in [1.807, 2.05) is 31.3 Å². The number of hydrogen-bond acceptors (Lipinski definition) is 4. The van der Waals surface area contributed by atoms with Gasteiger partial charge in [-0.25, -0.2) is 14.7 Å². The molecule has 0 aliphatic carbocycles. The van der Waals surface area contributed by atoms with Crippen LogP contribution in [0.5, 0.6) is 0 Å². The van der Waals surface area contributed by atoms with Gasteiger partial charge in [0.25, 0.3) is 0 Å². The first-order valence-electron chi connectivity index (χ1n) is 6.69. The molecule has 1 atom stereocenters. The van der Waals surface area contributed by atoms with Crippen LogP contribution in [0.1, 0.15) is 12.5 Å². The number of pyridine rings is 1. The fraction of sp³-hybridized carbons (Fsp3) is 0.357. The van der Waals surface area contributed by atoms with Crippen LogP contribution in [0, 0.1) is 0 Å². The van der Waals surface area contributed by atoms with Gasteiger partial charge in [0.05, 0.1) is 13.2 Å². The summed E-state index contributed by atoms with van der Waals surface area (Å²) in [6.07, 6.45) is 5.29. The van der Waals surface area contributed by atoms with E-state index >= 15 is 0 Å². The summed E-state index contributed by atoms with van der Waals surface area (Å²) in [5.74, 6) is 1.16. The summed E-state index contributed by atoms with van der Waals surface area (Å²) in [5.41, 5.74) is 6.85. The van der Waals surface area contributed by atoms with Crippen molar-refractivity contribution in [1.29, 1.82) is 0 Å². The first-order chi connectivity index (χ1) is 10.2. The summed E-state index contributed by atoms with van der Waals surface area (Å²) in [5, 5.41) is 7.21. The van der Waals surface area contributed by atoms with Crippen LogP contribution in [0.3, 0.4) is 0 Å². The smallest absolute Gasteiger partial charge is 0.189 e. The highest BCUT2D eigenvalue weighted by molar-refractivity contribution is 5.78. The molecule has 3 N–H and O–H groups in total. The highest BCUT2D eigenvalue weighted by atomic mass is 16.5. The number of rotatable bonds is 6. The van der Waals surface area contributed by atoms with Crippen LogP contribution in [-0.4, -0.2) is 40.5 Å². The van der Waals surface area contributed by atoms with Crippen LogP contribution in [0.4, 0.5) is 0 Å². The van der Waals surface area contributed by atoms with E-state index < -0.39 is 0 Å². The van der Waals surface area contributed by atoms with Crippen LogP contribution in [0.15, 0.2) is 41.8 Å². The number of nitrogens with one attached hydrogen (secondary N) is 1. The summed E-state index contributed by atoms with van der Waals surface area (Å²) >= 11 is 0. The lowest BCUT2D eigenvalue weighted by molar-refractivity contribution is 0.179. The molecule has 2 heterocycles. The van der Waals surface area contributed by atoms with Crippen molar-refractivity contribution in [3.63, 3.8) is 0 Å². The Balaban J connectivity index is 1.98. The highest BCUT2D eigenvalue weighted by Gasteiger charge is 2.02. The number of aliphatic imine (C=N–C) groups is 1. The van der Waals surface area contributed by atoms with Crippen LogP contribution in [-0.2, 0) is 11.3 Å². The van der Waals surface area contributed by atoms with Crippen LogP contribution in [0.25, 0.3) is 5.82 Å². The Kier molecular flexibility index (Phi) is 5.28. The molecular weight excluding hydrogens is 268 g/mol. The summed E-state index contributed by atoms with van der Waals surface area (Å²) < 4.78 is 6.74. The molecule has 2 aromatic heterocycles. The molecule has 0 saturated heterocycles. The van der Waals surface area contributed by atoms with Gasteiger partial charge in [-0.3, -0.25) is 0 Å². The maximum absolute atomic E-state index is 5.84. The van der Waals surface area contributed by atoms with Gasteiger partial charge >= 0.3 is 0 Å². The lowest BCUT2D eigenvalue weighted by Crippen LogP contribution is -2.40. The minimum atomic E-state index is 0.121. The monoisotopic (exact) mass is 288 g/mol. The van der Waals surface area contributed by atoms with Crippen molar-refractivity contribution in [2.24, 2.45) is 10.7 Å². The van der Waals surface area contributed by atoms with E-state index in [2.05, 4.69) is 20.4 Å². The maximum atomic E-state index is 5.84. The first kappa shape index (κ1) is 15.0. The number of guanidine groups is 1. The fourth-order valence-electron chi connectivity index (χ4n) is 1.85. The third-order valence-corrected chi connectivity index (χ3v) is 2.79. The average molecular weight is 288 g/mol. The molecule has 7 nitrogen and oxygen atoms in total. The number of aromatic nitrogens is 3. The quantitative estimate of drug-likeness (QED) is 0.603. The zero-order valence-corrected chi connectivity index (χ0v) is 12.2. The van der Waals surface area contributed by atoms with Gasteiger partial charge in [-0.05, 0) is 30.7 Å². The molecule has 0 aliphatic rings. The molecule has 1 unspecified atom stereocenters. The van der Waals surface area contributed by atoms with Gasteiger partial charge in [-0.2, -0.15) is 5.10 Å². The normalized spacial score (nSPS) is 13.1. The zero-order valence-electron chi connectivity index (χ0n) is 12.2. The number of hydrogen-bond donors (Lipinski definition) is 2. The van der Waals surface area contributed by atoms with Crippen molar-refractivity contribution in [2.75, 3.05) is 13.7 Å². The lowest BCUT2D eigenvalue weighted by Gasteiger charge is -2.13. The van der Waals surface area contributed by atoms with Crippen molar-refractivity contribution < 1.29 is 4.74 Å². The number of nitrogens with zero attached hydrogens (tertiary/aromatic N) is 4. The molecule has 0 saturated carbocycles. The Morgan fingerprint density at radius 2 is 2.38 bits per heavy atom. The van der Waals surface area contributed by atoms with E-state index in [1.54, 1.807) is 24.2 Å². The fourth-order valence-corrected chi connectivity index (χ4v) is 1.85. The topological polar surface area (TPSA) is 90.4 Å². The minimum absolute atomic E-state index is 0.121. The second-order valence-electron chi connectivity index (χ2n) is 4.68. The summed E-state index contributed by atoms with van der Waals surface area (Å²) in [7, 11) is 1.65. The SMILES string of the molecule is COCC(C)NC(N)=NCc1ccnc(-n2cccn2)c1. The molecule has 0 spiro atoms. The first-order valence-corrected chi connectivity index (χ1v) is 6.69. The molecule has 7 heteroatoms. The molecule has 2 aromatic rings. The van der Waals surface area contributed by atoms with Crippen molar-refractivity contribution in [3.05, 3.63) is 42.4 Å². The molecule has 0 radical (unpaired) electrons. The minimum Gasteiger partial charge on any atom is -0.383 e. The van der Waals surface area contributed by atoms with Gasteiger partial charge in [0.15, 0.2) is 11.8 Å². The molecule has 2 rings (SSSR count). The Labute approximate surface area is 123 Å². The van der Waals surface area contributed by atoms with E-state index in [4.69, 9.17) is 10.5 Å². The zero-order chi connectivity index (χ0) is 15.1. The third-order valence-electron chi connectivity index (χ3n) is 2.79. The maximum Gasteiger partial charge on any atom is 0.189 e. The highest BCUT2D eigenvalue weighted by Crippen LogP contribution is 2.07. The van der Waals surface area contributed by atoms with Crippen molar-refractivity contribution in [3.8, 4) is 5.82 Å². The second-order valence-corrected chi connectivity index (χ2v) is 4.68. The number of nitrogens with two attached hydrogens (primary N) is 1. The van der Waals surface area contributed by atoms with Gasteiger partial charge in [0.2, 0.25) is 0 Å². The van der Waals surface area contributed by atoms with Crippen LogP contribution < -0.4 is 11.1 Å². The second kappa shape index (κ2) is 7.39. The molecule has 112 valence electrons. The number of methoxy groups -OCH3 is 1. The molecule has 0 amide bonds. The Morgan fingerprint density at radius 1 is 1.52 bits per heavy atom. The molecule has 0 aliphatic heterocycles. The molecule has 21 heavy (non-hydrogen) atoms. The molecule has 0 fully saturated rings. The Morgan fingerprint density at radius 3 is 3.10 bits per heavy atom. The van der Waals surface area contributed by atoms with E-state index in [9.17, 15) is 0 Å². The van der Waals surface area contributed by atoms with E-state index in [0.29, 0.717) is 19.1 Å². The predicted octanol–water partition coefficient (Wildman–Crippen LogP) is 0.707. The molecular formula is C14H20N6O. The molecule has 0 aromatic carbocycles. The van der Waals surface area contributed by atoms with E-state index in [-0.39, 0.29) is 6.04 Å². The van der Waals surface area contributed by atoms with Crippen LogP contribution in [0.2, 0.25) is 0 Å². The lowest BCUT2D eigenvalue weighted by atomic mass is 10.2. The van der Waals surface area contributed by atoms with Gasteiger partial charge in [0.1, 0.15) is 0 Å². The standard InChI is InChI=1S/C14H20N6O/c1-11(10-21-2)19-14(15)17-9-12-4-6-16-13(8-12)20-7-3-5-18-20/h3-8,11H,9-10H2,1-2H3,(H3,15,17,19). The van der Waals surface area contributed by atoms with Gasteiger partial charge in [0, 0.05) is 31.7 Å². The van der Waals surface area contributed by atoms with Gasteiger partial charge < -0.3 is 15.8 Å². The third kappa shape index (κ3) is 4.57. The van der Waals surface area contributed by atoms with Crippen LogP contribution >= 0.6 is 0 Å². The summed E-state index contributed by atoms with van der Waals surface area (Å²) in [4.78, 5) is 8.58. The van der Waals surface area contributed by atoms with Crippen molar-refractivity contribution in [2.45, 2.75) is 19.5 Å². The van der Waals surface area contributed by atoms with E-state index in [0.717, 1.165) is 11.4 Å². The largest absolute Gasteiger partial charge is 0.383 e. The molecule has 0 bridgehead atoms. The summed E-state index contributed by atoms with van der Waals surface area (Å²) in [6.45, 7) is 3.04. The predicted molar refractivity (Wildman–Crippen MR) is 81.2 cm³/mol. The van der Waals surface area contributed by atoms with Gasteiger partial charge in [-0.15, -0.1) is 0 Å². The Bertz CT molecular complexity index is 581.